The zero-order valence-corrected chi connectivity index (χ0v) is 19.1. The molecule has 0 bridgehead atoms. The monoisotopic (exact) mass is 445 g/mol. The molecule has 2 atom stereocenters. The number of hydrogen-bond acceptors (Lipinski definition) is 5. The number of ketones is 1. The predicted octanol–water partition coefficient (Wildman–Crippen LogP) is 4.07. The summed E-state index contributed by atoms with van der Waals surface area (Å²) in [6, 6.07) is 2.46. The number of sulfone groups is 1. The van der Waals surface area contributed by atoms with Crippen LogP contribution in [0.4, 0.5) is 14.5 Å². The fraction of sp³-hybridized carbons (Fsp3) is 0.682. The first-order valence-corrected chi connectivity index (χ1v) is 12.3. The highest BCUT2D eigenvalue weighted by atomic mass is 32.2. The molecule has 0 amide bonds. The van der Waals surface area contributed by atoms with E-state index in [1.807, 2.05) is 13.8 Å². The molecule has 0 aliphatic carbocycles. The number of morpholine rings is 1. The molecule has 0 spiro atoms. The Labute approximate surface area is 178 Å². The van der Waals surface area contributed by atoms with E-state index in [-0.39, 0.29) is 42.3 Å². The standard InChI is InChI=1S/C22H33F2NO4S/c1-15(2)30(27,28)9-7-5-6-8-19(26)10-18-11-20(23)22(21(24)12-18)25-13-16(3)29-17(4)14-25/h11-12,15-17H,5-10,13-14H2,1-4H3/t16-,17+. The predicted molar refractivity (Wildman–Crippen MR) is 115 cm³/mol. The molecule has 1 heterocycles. The summed E-state index contributed by atoms with van der Waals surface area (Å²) in [5.41, 5.74) is 0.245. The summed E-state index contributed by atoms with van der Waals surface area (Å²) in [7, 11) is -3.06. The van der Waals surface area contributed by atoms with Gasteiger partial charge in [0.1, 0.15) is 23.1 Å². The SMILES string of the molecule is CC(C)S(=O)(=O)CCCCCC(=O)Cc1cc(F)c(N2C[C@@H](C)O[C@@H](C)C2)c(F)c1. The number of unbranched alkanes of at least 4 members (excludes halogenated alkanes) is 2. The molecule has 1 aromatic rings. The normalized spacial score (nSPS) is 20.0. The van der Waals surface area contributed by atoms with Crippen molar-refractivity contribution in [3.05, 3.63) is 29.3 Å². The Balaban J connectivity index is 1.87. The molecule has 1 fully saturated rings. The van der Waals surface area contributed by atoms with Crippen LogP contribution in [0.15, 0.2) is 12.1 Å². The van der Waals surface area contributed by atoms with Crippen LogP contribution in [0.1, 0.15) is 58.9 Å². The molecule has 8 heteroatoms. The second-order valence-corrected chi connectivity index (χ2v) is 11.2. The number of halogens is 2. The van der Waals surface area contributed by atoms with Crippen LogP contribution >= 0.6 is 0 Å². The average molecular weight is 446 g/mol. The highest BCUT2D eigenvalue weighted by Crippen LogP contribution is 2.28. The van der Waals surface area contributed by atoms with Crippen molar-refractivity contribution >= 4 is 21.3 Å². The van der Waals surface area contributed by atoms with Crippen LogP contribution in [0.5, 0.6) is 0 Å². The van der Waals surface area contributed by atoms with Gasteiger partial charge in [0.05, 0.1) is 23.2 Å². The van der Waals surface area contributed by atoms with Crippen molar-refractivity contribution < 1.29 is 26.7 Å². The Bertz CT molecular complexity index is 809. The minimum absolute atomic E-state index is 0.0334. The Kier molecular flexibility index (Phi) is 8.79. The zero-order valence-electron chi connectivity index (χ0n) is 18.3. The molecule has 30 heavy (non-hydrogen) atoms. The van der Waals surface area contributed by atoms with Gasteiger partial charge in [0, 0.05) is 25.9 Å². The van der Waals surface area contributed by atoms with Crippen molar-refractivity contribution in [3.8, 4) is 0 Å². The van der Waals surface area contributed by atoms with E-state index in [4.69, 9.17) is 4.74 Å². The maximum absolute atomic E-state index is 14.6. The Morgan fingerprint density at radius 1 is 1.10 bits per heavy atom. The molecule has 0 unspecified atom stereocenters. The molecule has 170 valence electrons. The quantitative estimate of drug-likeness (QED) is 0.508. The van der Waals surface area contributed by atoms with Crippen LogP contribution in [-0.2, 0) is 25.8 Å². The van der Waals surface area contributed by atoms with E-state index in [9.17, 15) is 22.0 Å². The van der Waals surface area contributed by atoms with Crippen LogP contribution in [0.3, 0.4) is 0 Å². The summed E-state index contributed by atoms with van der Waals surface area (Å²) in [5.74, 6) is -1.33. The Morgan fingerprint density at radius 2 is 1.67 bits per heavy atom. The second kappa shape index (κ2) is 10.7. The van der Waals surface area contributed by atoms with Gasteiger partial charge < -0.3 is 9.64 Å². The molecule has 0 N–H and O–H groups in total. The van der Waals surface area contributed by atoms with Gasteiger partial charge in [-0.3, -0.25) is 4.79 Å². The molecule has 1 aromatic carbocycles. The van der Waals surface area contributed by atoms with Gasteiger partial charge in [-0.15, -0.1) is 0 Å². The first kappa shape index (κ1) is 24.7. The minimum atomic E-state index is -3.06. The third-order valence-electron chi connectivity index (χ3n) is 5.32. The van der Waals surface area contributed by atoms with Crippen LogP contribution < -0.4 is 4.90 Å². The lowest BCUT2D eigenvalue weighted by Crippen LogP contribution is -2.46. The van der Waals surface area contributed by atoms with E-state index in [0.29, 0.717) is 37.9 Å². The summed E-state index contributed by atoms with van der Waals surface area (Å²) < 4.78 is 58.4. The summed E-state index contributed by atoms with van der Waals surface area (Å²) in [5, 5.41) is -0.393. The summed E-state index contributed by atoms with van der Waals surface area (Å²) in [4.78, 5) is 13.8. The lowest BCUT2D eigenvalue weighted by molar-refractivity contribution is -0.118. The number of carbonyl (C=O) groups is 1. The number of carbonyl (C=O) groups excluding carboxylic acids is 1. The van der Waals surface area contributed by atoms with Crippen LogP contribution in [0.25, 0.3) is 0 Å². The smallest absolute Gasteiger partial charge is 0.152 e. The van der Waals surface area contributed by atoms with Crippen molar-refractivity contribution in [3.63, 3.8) is 0 Å². The number of ether oxygens (including phenoxy) is 1. The summed E-state index contributed by atoms with van der Waals surface area (Å²) in [6.07, 6.45) is 1.71. The largest absolute Gasteiger partial charge is 0.372 e. The molecule has 1 saturated heterocycles. The van der Waals surface area contributed by atoms with E-state index in [1.165, 1.54) is 12.1 Å². The number of Topliss-reactive ketones (excluding diaryl/α,β-unsaturated/α-hetero) is 1. The molecular formula is C22H33F2NO4S. The van der Waals surface area contributed by atoms with E-state index < -0.39 is 26.7 Å². The van der Waals surface area contributed by atoms with Gasteiger partial charge >= 0.3 is 0 Å². The number of nitrogens with zero attached hydrogens (tertiary/aromatic N) is 1. The number of hydrogen-bond donors (Lipinski definition) is 0. The molecule has 0 radical (unpaired) electrons. The van der Waals surface area contributed by atoms with E-state index in [0.717, 1.165) is 0 Å². The van der Waals surface area contributed by atoms with Gasteiger partial charge in [0.25, 0.3) is 0 Å². The molecule has 0 saturated carbocycles. The van der Waals surface area contributed by atoms with E-state index in [1.54, 1.807) is 18.7 Å². The minimum Gasteiger partial charge on any atom is -0.372 e. The molecule has 5 nitrogen and oxygen atoms in total. The summed E-state index contributed by atoms with van der Waals surface area (Å²) >= 11 is 0. The molecular weight excluding hydrogens is 412 g/mol. The van der Waals surface area contributed by atoms with Crippen molar-refractivity contribution in [2.75, 3.05) is 23.7 Å². The third kappa shape index (κ3) is 7.01. The maximum Gasteiger partial charge on any atom is 0.152 e. The van der Waals surface area contributed by atoms with Gasteiger partial charge in [-0.25, -0.2) is 17.2 Å². The second-order valence-electron chi connectivity index (χ2n) is 8.51. The Hall–Kier alpha value is -1.54. The number of anilines is 1. The molecule has 1 aliphatic heterocycles. The van der Waals surface area contributed by atoms with Gasteiger partial charge in [-0.2, -0.15) is 0 Å². The lowest BCUT2D eigenvalue weighted by atomic mass is 10.0. The van der Waals surface area contributed by atoms with Crippen LogP contribution in [-0.4, -0.2) is 50.5 Å². The molecule has 2 rings (SSSR count). The molecule has 0 aromatic heterocycles. The highest BCUT2D eigenvalue weighted by Gasteiger charge is 2.27. The van der Waals surface area contributed by atoms with E-state index in [2.05, 4.69) is 0 Å². The first-order valence-electron chi connectivity index (χ1n) is 10.6. The maximum atomic E-state index is 14.6. The number of rotatable bonds is 10. The van der Waals surface area contributed by atoms with Crippen LogP contribution in [0.2, 0.25) is 0 Å². The topological polar surface area (TPSA) is 63.7 Å². The van der Waals surface area contributed by atoms with Crippen molar-refractivity contribution in [2.45, 2.75) is 77.3 Å². The van der Waals surface area contributed by atoms with Gasteiger partial charge in [0.2, 0.25) is 0 Å². The fourth-order valence-electron chi connectivity index (χ4n) is 3.74. The van der Waals surface area contributed by atoms with Gasteiger partial charge in [0.15, 0.2) is 9.84 Å². The third-order valence-corrected chi connectivity index (χ3v) is 7.61. The van der Waals surface area contributed by atoms with Gasteiger partial charge in [-0.1, -0.05) is 6.42 Å². The van der Waals surface area contributed by atoms with Crippen molar-refractivity contribution in [1.82, 2.24) is 0 Å². The van der Waals surface area contributed by atoms with E-state index >= 15 is 0 Å². The fourth-order valence-corrected chi connectivity index (χ4v) is 4.81. The van der Waals surface area contributed by atoms with Crippen molar-refractivity contribution in [1.29, 1.82) is 0 Å². The van der Waals surface area contributed by atoms with Gasteiger partial charge in [-0.05, 0) is 58.2 Å². The lowest BCUT2D eigenvalue weighted by Gasteiger charge is -2.37. The average Bonchev–Trinajstić information content (AvgIpc) is 2.59. The zero-order chi connectivity index (χ0) is 22.5. The Morgan fingerprint density at radius 3 is 2.20 bits per heavy atom. The first-order chi connectivity index (χ1) is 14.0. The number of benzene rings is 1. The van der Waals surface area contributed by atoms with Crippen LogP contribution in [0, 0.1) is 11.6 Å². The summed E-state index contributed by atoms with van der Waals surface area (Å²) in [6.45, 7) is 7.85. The molecule has 1 aliphatic rings. The van der Waals surface area contributed by atoms with Crippen molar-refractivity contribution in [2.24, 2.45) is 0 Å². The highest BCUT2D eigenvalue weighted by molar-refractivity contribution is 7.91.